The van der Waals surface area contributed by atoms with Gasteiger partial charge in [0.15, 0.2) is 0 Å². The molecular formula is C12H20N2O2S8. The van der Waals surface area contributed by atoms with Crippen molar-refractivity contribution >= 4 is 93.7 Å². The number of rotatable bonds is 7. The van der Waals surface area contributed by atoms with Gasteiger partial charge in [-0.3, -0.25) is 9.59 Å². The summed E-state index contributed by atoms with van der Waals surface area (Å²) in [7, 11) is 8.59. The van der Waals surface area contributed by atoms with Gasteiger partial charge < -0.3 is 0 Å². The first-order valence-corrected chi connectivity index (χ1v) is 16.7. The Morgan fingerprint density at radius 1 is 0.542 bits per heavy atom. The van der Waals surface area contributed by atoms with Gasteiger partial charge >= 0.3 is 0 Å². The minimum absolute atomic E-state index is 0.143. The molecule has 0 unspecified atom stereocenters. The van der Waals surface area contributed by atoms with Crippen molar-refractivity contribution in [3.8, 4) is 0 Å². The Kier molecular flexibility index (Phi) is 13.1. The quantitative estimate of drug-likeness (QED) is 0.206. The number of carbonyl (C=O) groups excluding carboxylic acids is 2. The molecule has 0 atom stereocenters. The van der Waals surface area contributed by atoms with E-state index in [0.29, 0.717) is 0 Å². The van der Waals surface area contributed by atoms with Gasteiger partial charge in [0.05, 0.1) is 0 Å². The molecule has 138 valence electrons. The molecule has 0 saturated carbocycles. The molecule has 2 aliphatic rings. The van der Waals surface area contributed by atoms with Crippen LogP contribution in [0.5, 0.6) is 0 Å². The predicted octanol–water partition coefficient (Wildman–Crippen LogP) is 7.47. The van der Waals surface area contributed by atoms with Crippen LogP contribution >= 0.6 is 84.8 Å². The molecule has 24 heavy (non-hydrogen) atoms. The maximum Gasteiger partial charge on any atom is 0.272 e. The molecule has 0 bridgehead atoms. The highest BCUT2D eigenvalue weighted by Gasteiger charge is 2.17. The Morgan fingerprint density at radius 3 is 1.29 bits per heavy atom. The standard InChI is InChI=1S/C12H20N2O2S8/c15-11(17-13-7-3-1-4-8-13)19-21-23-24-22-20-12(16)18-14-9-5-2-6-10-14/h1-10H2. The Hall–Kier alpha value is 2.06. The van der Waals surface area contributed by atoms with E-state index in [9.17, 15) is 9.59 Å². The highest BCUT2D eigenvalue weighted by atomic mass is 33.9. The second-order valence-electron chi connectivity index (χ2n) is 5.10. The van der Waals surface area contributed by atoms with E-state index in [2.05, 4.69) is 8.61 Å². The van der Waals surface area contributed by atoms with Crippen LogP contribution < -0.4 is 0 Å². The molecule has 2 rings (SSSR count). The molecular weight excluding hydrogens is 461 g/mol. The van der Waals surface area contributed by atoms with Gasteiger partial charge in [0.25, 0.3) is 8.89 Å². The average molecular weight is 481 g/mol. The molecule has 0 N–H and O–H groups in total. The van der Waals surface area contributed by atoms with Crippen molar-refractivity contribution in [2.45, 2.75) is 38.5 Å². The van der Waals surface area contributed by atoms with Gasteiger partial charge in [-0.2, -0.15) is 0 Å². The van der Waals surface area contributed by atoms with Crippen LogP contribution in [-0.4, -0.2) is 43.7 Å². The first kappa shape index (κ1) is 22.4. The van der Waals surface area contributed by atoms with Crippen LogP contribution in [0.1, 0.15) is 38.5 Å². The first-order valence-electron chi connectivity index (χ1n) is 7.69. The van der Waals surface area contributed by atoms with Crippen LogP contribution in [0.15, 0.2) is 0 Å². The molecule has 2 aliphatic heterocycles. The Labute approximate surface area is 175 Å². The van der Waals surface area contributed by atoms with E-state index in [-0.39, 0.29) is 8.89 Å². The summed E-state index contributed by atoms with van der Waals surface area (Å²) in [5, 5.41) is 0. The summed E-state index contributed by atoms with van der Waals surface area (Å²) in [6, 6.07) is 0. The maximum absolute atomic E-state index is 11.8. The molecule has 2 saturated heterocycles. The normalized spacial score (nSPS) is 20.2. The van der Waals surface area contributed by atoms with E-state index in [4.69, 9.17) is 0 Å². The summed E-state index contributed by atoms with van der Waals surface area (Å²) in [5.41, 5.74) is 0. The molecule has 0 amide bonds. The average Bonchev–Trinajstić information content (AvgIpc) is 2.60. The van der Waals surface area contributed by atoms with Crippen LogP contribution in [-0.2, 0) is 0 Å². The minimum Gasteiger partial charge on any atom is -0.272 e. The summed E-state index contributed by atoms with van der Waals surface area (Å²) in [4.78, 5) is 23.7. The maximum atomic E-state index is 11.8. The summed E-state index contributed by atoms with van der Waals surface area (Å²) >= 11 is 2.70. The van der Waals surface area contributed by atoms with Crippen LogP contribution in [0.4, 0.5) is 9.59 Å². The third-order valence-corrected chi connectivity index (χ3v) is 16.1. The predicted molar refractivity (Wildman–Crippen MR) is 122 cm³/mol. The molecule has 0 aromatic heterocycles. The van der Waals surface area contributed by atoms with E-state index in [1.54, 1.807) is 19.7 Å². The second-order valence-corrected chi connectivity index (χ2v) is 16.9. The molecule has 2 heterocycles. The largest absolute Gasteiger partial charge is 0.272 e. The molecule has 12 heteroatoms. The van der Waals surface area contributed by atoms with Gasteiger partial charge in [0.1, 0.15) is 0 Å². The summed E-state index contributed by atoms with van der Waals surface area (Å²) in [6.45, 7) is 4.08. The lowest BCUT2D eigenvalue weighted by atomic mass is 10.2. The Bertz CT molecular complexity index is 355. The lowest BCUT2D eigenvalue weighted by Crippen LogP contribution is -2.23. The van der Waals surface area contributed by atoms with Crippen molar-refractivity contribution in [2.24, 2.45) is 0 Å². The first-order chi connectivity index (χ1) is 11.7. The smallest absolute Gasteiger partial charge is 0.272 e. The minimum atomic E-state index is 0.143. The zero-order chi connectivity index (χ0) is 17.0. The number of carbonyl (C=O) groups is 2. The third-order valence-electron chi connectivity index (χ3n) is 3.32. The van der Waals surface area contributed by atoms with Crippen molar-refractivity contribution in [3.05, 3.63) is 0 Å². The van der Waals surface area contributed by atoms with E-state index >= 15 is 0 Å². The van der Waals surface area contributed by atoms with Crippen molar-refractivity contribution in [1.82, 2.24) is 8.61 Å². The van der Waals surface area contributed by atoms with E-state index < -0.39 is 0 Å². The van der Waals surface area contributed by atoms with Crippen molar-refractivity contribution in [2.75, 3.05) is 26.2 Å². The molecule has 0 radical (unpaired) electrons. The Balaban J connectivity index is 1.41. The van der Waals surface area contributed by atoms with Crippen LogP contribution in [0.3, 0.4) is 0 Å². The van der Waals surface area contributed by atoms with E-state index in [0.717, 1.165) is 26.2 Å². The summed E-state index contributed by atoms with van der Waals surface area (Å²) in [5.74, 6) is 0. The SMILES string of the molecule is O=C(SSSSSSC(=O)SN1CCCCC1)SN1CCCCC1. The zero-order valence-corrected chi connectivity index (χ0v) is 19.6. The molecule has 2 fully saturated rings. The number of piperidine rings is 2. The van der Waals surface area contributed by atoms with Gasteiger partial charge in [0, 0.05) is 71.7 Å². The number of nitrogens with zero attached hydrogens (tertiary/aromatic N) is 2. The number of hydrogen-bond acceptors (Lipinski definition) is 12. The van der Waals surface area contributed by atoms with Gasteiger partial charge in [0.2, 0.25) is 0 Å². The molecule has 0 spiro atoms. The fourth-order valence-corrected chi connectivity index (χ4v) is 15.6. The molecule has 4 nitrogen and oxygen atoms in total. The fraction of sp³-hybridized carbons (Fsp3) is 0.833. The monoisotopic (exact) mass is 480 g/mol. The molecule has 0 aliphatic carbocycles. The van der Waals surface area contributed by atoms with Crippen molar-refractivity contribution < 1.29 is 9.59 Å². The van der Waals surface area contributed by atoms with E-state index in [1.165, 1.54) is 104 Å². The Morgan fingerprint density at radius 2 is 0.917 bits per heavy atom. The summed E-state index contributed by atoms with van der Waals surface area (Å²) in [6.07, 6.45) is 7.34. The van der Waals surface area contributed by atoms with Crippen molar-refractivity contribution in [1.29, 1.82) is 0 Å². The third kappa shape index (κ3) is 10.4. The summed E-state index contributed by atoms with van der Waals surface area (Å²) < 4.78 is 4.62. The van der Waals surface area contributed by atoms with Crippen LogP contribution in [0.2, 0.25) is 0 Å². The highest BCUT2D eigenvalue weighted by molar-refractivity contribution is 9.43. The van der Waals surface area contributed by atoms with Gasteiger partial charge in [-0.25, -0.2) is 8.61 Å². The topological polar surface area (TPSA) is 40.6 Å². The lowest BCUT2D eigenvalue weighted by Gasteiger charge is -2.23. The molecule has 0 aromatic carbocycles. The van der Waals surface area contributed by atoms with Gasteiger partial charge in [-0.1, -0.05) is 12.8 Å². The van der Waals surface area contributed by atoms with Crippen molar-refractivity contribution in [3.63, 3.8) is 0 Å². The number of hydrogen-bond donors (Lipinski definition) is 0. The van der Waals surface area contributed by atoms with Crippen LogP contribution in [0, 0.1) is 0 Å². The highest BCUT2D eigenvalue weighted by Crippen LogP contribution is 2.54. The van der Waals surface area contributed by atoms with Crippen LogP contribution in [0.25, 0.3) is 0 Å². The van der Waals surface area contributed by atoms with Gasteiger partial charge in [-0.05, 0) is 65.0 Å². The zero-order valence-electron chi connectivity index (χ0n) is 13.0. The second kappa shape index (κ2) is 14.1. The van der Waals surface area contributed by atoms with Gasteiger partial charge in [-0.15, -0.1) is 0 Å². The fourth-order valence-electron chi connectivity index (χ4n) is 2.26. The lowest BCUT2D eigenvalue weighted by molar-refractivity contribution is 0.274. The molecule has 0 aromatic rings. The van der Waals surface area contributed by atoms with E-state index in [1.807, 2.05) is 0 Å².